The van der Waals surface area contributed by atoms with Gasteiger partial charge in [-0.15, -0.1) is 11.3 Å². The summed E-state index contributed by atoms with van der Waals surface area (Å²) in [4.78, 5) is 15.5. The summed E-state index contributed by atoms with van der Waals surface area (Å²) < 4.78 is 0. The molecule has 0 saturated carbocycles. The molecule has 5 heteroatoms. The zero-order chi connectivity index (χ0) is 13.7. The monoisotopic (exact) mass is 282 g/mol. The van der Waals surface area contributed by atoms with Crippen LogP contribution in [-0.2, 0) is 11.3 Å². The maximum absolute atomic E-state index is 12.1. The molecule has 2 N–H and O–H groups in total. The summed E-state index contributed by atoms with van der Waals surface area (Å²) in [6.45, 7) is 4.65. The highest BCUT2D eigenvalue weighted by molar-refractivity contribution is 7.09. The van der Waals surface area contributed by atoms with Crippen LogP contribution in [0.5, 0.6) is 0 Å². The first kappa shape index (κ1) is 14.5. The summed E-state index contributed by atoms with van der Waals surface area (Å²) in [5.74, 6) is 0.508. The van der Waals surface area contributed by atoms with Crippen molar-refractivity contribution in [1.29, 1.82) is 0 Å². The Hall–Kier alpha value is -0.910. The number of amides is 1. The summed E-state index contributed by atoms with van der Waals surface area (Å²) in [5.41, 5.74) is 0. The van der Waals surface area contributed by atoms with Crippen molar-refractivity contribution in [3.63, 3.8) is 0 Å². The number of thiophene rings is 1. The Morgan fingerprint density at radius 2 is 2.32 bits per heavy atom. The minimum Gasteiger partial charge on any atom is -0.396 e. The van der Waals surface area contributed by atoms with Gasteiger partial charge >= 0.3 is 0 Å². The van der Waals surface area contributed by atoms with Gasteiger partial charge in [-0.25, -0.2) is 0 Å². The third-order valence-corrected chi connectivity index (χ3v) is 4.73. The Bertz CT molecular complexity index is 386. The van der Waals surface area contributed by atoms with Crippen LogP contribution in [0.15, 0.2) is 17.5 Å². The first-order valence-corrected chi connectivity index (χ1v) is 7.73. The molecule has 1 aromatic rings. The van der Waals surface area contributed by atoms with Gasteiger partial charge in [0, 0.05) is 11.5 Å². The molecule has 1 aliphatic rings. The molecule has 0 radical (unpaired) electrons. The number of aliphatic hydroxyl groups is 1. The van der Waals surface area contributed by atoms with E-state index in [1.807, 2.05) is 24.4 Å². The van der Waals surface area contributed by atoms with Crippen LogP contribution in [-0.4, -0.2) is 41.7 Å². The van der Waals surface area contributed by atoms with Gasteiger partial charge in [0.05, 0.1) is 12.6 Å². The molecule has 1 atom stereocenters. The van der Waals surface area contributed by atoms with Gasteiger partial charge < -0.3 is 10.4 Å². The molecule has 1 unspecified atom stereocenters. The van der Waals surface area contributed by atoms with E-state index in [-0.39, 0.29) is 18.6 Å². The predicted molar refractivity (Wildman–Crippen MR) is 77.0 cm³/mol. The highest BCUT2D eigenvalue weighted by Gasteiger charge is 2.26. The normalized spacial score (nSPS) is 19.3. The first-order valence-electron chi connectivity index (χ1n) is 6.85. The Morgan fingerprint density at radius 3 is 2.89 bits per heavy atom. The number of carbonyl (C=O) groups excluding carboxylic acids is 1. The molecule has 2 heterocycles. The summed E-state index contributed by atoms with van der Waals surface area (Å²) in [6.07, 6.45) is 1.97. The number of aliphatic hydroxyl groups excluding tert-OH is 1. The van der Waals surface area contributed by atoms with Crippen LogP contribution >= 0.6 is 11.3 Å². The lowest BCUT2D eigenvalue weighted by molar-refractivity contribution is -0.126. The zero-order valence-corrected chi connectivity index (χ0v) is 12.2. The third kappa shape index (κ3) is 4.03. The molecule has 1 aliphatic heterocycles. The molecule has 0 aliphatic carbocycles. The van der Waals surface area contributed by atoms with E-state index in [1.54, 1.807) is 11.3 Å². The van der Waals surface area contributed by atoms with E-state index >= 15 is 0 Å². The average molecular weight is 282 g/mol. The number of likely N-dealkylation sites (tertiary alicyclic amines) is 1. The largest absolute Gasteiger partial charge is 0.396 e. The standard InChI is InChI=1S/C14H22N2O2S/c1-11(16-6-4-12(10-17)5-7-16)14(18)15-9-13-3-2-8-19-13/h2-3,8,11-12,17H,4-7,9-10H2,1H3,(H,15,18). The Kier molecular flexibility index (Phi) is 5.36. The lowest BCUT2D eigenvalue weighted by Gasteiger charge is -2.34. The van der Waals surface area contributed by atoms with Crippen molar-refractivity contribution >= 4 is 17.2 Å². The first-order chi connectivity index (χ1) is 9.20. The van der Waals surface area contributed by atoms with Crippen molar-refractivity contribution in [2.24, 2.45) is 5.92 Å². The smallest absolute Gasteiger partial charge is 0.237 e. The Morgan fingerprint density at radius 1 is 1.58 bits per heavy atom. The number of hydrogen-bond acceptors (Lipinski definition) is 4. The predicted octanol–water partition coefficient (Wildman–Crippen LogP) is 1.46. The van der Waals surface area contributed by atoms with Crippen LogP contribution in [0.2, 0.25) is 0 Å². The van der Waals surface area contributed by atoms with Crippen molar-refractivity contribution in [3.05, 3.63) is 22.4 Å². The maximum atomic E-state index is 12.1. The van der Waals surface area contributed by atoms with Gasteiger partial charge in [-0.1, -0.05) is 6.07 Å². The second-order valence-corrected chi connectivity index (χ2v) is 6.17. The summed E-state index contributed by atoms with van der Waals surface area (Å²) in [7, 11) is 0. The van der Waals surface area contributed by atoms with E-state index < -0.39 is 0 Å². The second kappa shape index (κ2) is 7.03. The highest BCUT2D eigenvalue weighted by Crippen LogP contribution is 2.18. The molecule has 1 aromatic heterocycles. The van der Waals surface area contributed by atoms with Crippen molar-refractivity contribution in [1.82, 2.24) is 10.2 Å². The van der Waals surface area contributed by atoms with Crippen molar-refractivity contribution < 1.29 is 9.90 Å². The maximum Gasteiger partial charge on any atom is 0.237 e. The van der Waals surface area contributed by atoms with Crippen LogP contribution in [0, 0.1) is 5.92 Å². The van der Waals surface area contributed by atoms with E-state index in [2.05, 4.69) is 10.2 Å². The fraction of sp³-hybridized carbons (Fsp3) is 0.643. The molecular weight excluding hydrogens is 260 g/mol. The van der Waals surface area contributed by atoms with Gasteiger partial charge in [0.15, 0.2) is 0 Å². The quantitative estimate of drug-likeness (QED) is 0.859. The highest BCUT2D eigenvalue weighted by atomic mass is 32.1. The fourth-order valence-electron chi connectivity index (χ4n) is 2.42. The fourth-order valence-corrected chi connectivity index (χ4v) is 3.07. The number of piperidine rings is 1. The number of rotatable bonds is 5. The summed E-state index contributed by atoms with van der Waals surface area (Å²) in [6, 6.07) is 3.94. The minimum absolute atomic E-state index is 0.0837. The second-order valence-electron chi connectivity index (χ2n) is 5.14. The molecule has 0 aromatic carbocycles. The number of nitrogens with one attached hydrogen (secondary N) is 1. The van der Waals surface area contributed by atoms with E-state index in [9.17, 15) is 4.79 Å². The molecule has 1 amide bonds. The molecule has 1 saturated heterocycles. The van der Waals surface area contributed by atoms with Crippen LogP contribution in [0.4, 0.5) is 0 Å². The lowest BCUT2D eigenvalue weighted by atomic mass is 9.97. The number of nitrogens with zero attached hydrogens (tertiary/aromatic N) is 1. The minimum atomic E-state index is -0.0837. The van der Waals surface area contributed by atoms with Crippen molar-refractivity contribution in [2.75, 3.05) is 19.7 Å². The van der Waals surface area contributed by atoms with Crippen LogP contribution in [0.1, 0.15) is 24.6 Å². The molecule has 0 bridgehead atoms. The van der Waals surface area contributed by atoms with Gasteiger partial charge in [-0.3, -0.25) is 9.69 Å². The molecule has 2 rings (SSSR count). The van der Waals surface area contributed by atoms with Crippen LogP contribution < -0.4 is 5.32 Å². The molecule has 1 fully saturated rings. The summed E-state index contributed by atoms with van der Waals surface area (Å²) >= 11 is 1.66. The van der Waals surface area contributed by atoms with Gasteiger partial charge in [0.25, 0.3) is 0 Å². The Balaban J connectivity index is 1.76. The zero-order valence-electron chi connectivity index (χ0n) is 11.3. The molecule has 106 valence electrons. The van der Waals surface area contributed by atoms with Gasteiger partial charge in [0.2, 0.25) is 5.91 Å². The van der Waals surface area contributed by atoms with Crippen LogP contribution in [0.3, 0.4) is 0 Å². The van der Waals surface area contributed by atoms with Gasteiger partial charge in [-0.05, 0) is 50.2 Å². The van der Waals surface area contributed by atoms with Gasteiger partial charge in [0.1, 0.15) is 0 Å². The average Bonchev–Trinajstić information content (AvgIpc) is 2.97. The third-order valence-electron chi connectivity index (χ3n) is 3.85. The molecular formula is C14H22N2O2S. The molecule has 4 nitrogen and oxygen atoms in total. The van der Waals surface area contributed by atoms with Crippen molar-refractivity contribution in [2.45, 2.75) is 32.4 Å². The molecule has 19 heavy (non-hydrogen) atoms. The van der Waals surface area contributed by atoms with E-state index in [0.29, 0.717) is 12.5 Å². The van der Waals surface area contributed by atoms with E-state index in [0.717, 1.165) is 25.9 Å². The Labute approximate surface area is 118 Å². The SMILES string of the molecule is CC(C(=O)NCc1cccs1)N1CCC(CO)CC1. The van der Waals surface area contributed by atoms with Crippen LogP contribution in [0.25, 0.3) is 0 Å². The number of carbonyl (C=O) groups is 1. The number of hydrogen-bond donors (Lipinski definition) is 2. The summed E-state index contributed by atoms with van der Waals surface area (Å²) in [5, 5.41) is 14.1. The lowest BCUT2D eigenvalue weighted by Crippen LogP contribution is -2.48. The van der Waals surface area contributed by atoms with Crippen molar-refractivity contribution in [3.8, 4) is 0 Å². The molecule has 0 spiro atoms. The van der Waals surface area contributed by atoms with Gasteiger partial charge in [-0.2, -0.15) is 0 Å². The van der Waals surface area contributed by atoms with E-state index in [4.69, 9.17) is 5.11 Å². The topological polar surface area (TPSA) is 52.6 Å². The van der Waals surface area contributed by atoms with E-state index in [1.165, 1.54) is 4.88 Å².